The molecule has 1 heterocycles. The lowest BCUT2D eigenvalue weighted by molar-refractivity contribution is 0.296. The van der Waals surface area contributed by atoms with Crippen LogP contribution in [-0.4, -0.2) is 17.4 Å². The molecule has 0 aliphatic carbocycles. The van der Waals surface area contributed by atoms with Gasteiger partial charge in [0, 0.05) is 29.9 Å². The zero-order chi connectivity index (χ0) is 19.1. The van der Waals surface area contributed by atoms with Crippen LogP contribution in [-0.2, 0) is 13.0 Å². The highest BCUT2D eigenvalue weighted by atomic mass is 16.5. The van der Waals surface area contributed by atoms with Gasteiger partial charge in [-0.15, -0.1) is 0 Å². The molecule has 0 aliphatic heterocycles. The van der Waals surface area contributed by atoms with E-state index in [1.54, 1.807) is 18.3 Å². The second kappa shape index (κ2) is 8.71. The van der Waals surface area contributed by atoms with Crippen molar-refractivity contribution in [1.82, 2.24) is 4.98 Å². The Hall–Kier alpha value is -3.54. The molecule has 27 heavy (non-hydrogen) atoms. The zero-order valence-electron chi connectivity index (χ0n) is 14.9. The van der Waals surface area contributed by atoms with Crippen LogP contribution in [0.25, 0.3) is 0 Å². The van der Waals surface area contributed by atoms with Crippen LogP contribution in [0.3, 0.4) is 0 Å². The van der Waals surface area contributed by atoms with Crippen LogP contribution in [0.15, 0.2) is 66.9 Å². The third kappa shape index (κ3) is 4.98. The molecular weight excluding hydrogens is 340 g/mol. The summed E-state index contributed by atoms with van der Waals surface area (Å²) in [5.74, 6) is 0.861. The van der Waals surface area contributed by atoms with E-state index in [0.29, 0.717) is 42.4 Å². The van der Waals surface area contributed by atoms with E-state index in [1.165, 1.54) is 0 Å². The van der Waals surface area contributed by atoms with Gasteiger partial charge in [0.15, 0.2) is 0 Å². The van der Waals surface area contributed by atoms with Crippen molar-refractivity contribution in [2.24, 2.45) is 5.73 Å². The summed E-state index contributed by atoms with van der Waals surface area (Å²) in [5, 5.41) is 7.75. The number of amidine groups is 1. The van der Waals surface area contributed by atoms with Gasteiger partial charge in [-0.05, 0) is 23.8 Å². The SMILES string of the molecule is N=C(N)c1cc(OCc2ccccc2)cc(OCCc2ccccn2)c1N. The summed E-state index contributed by atoms with van der Waals surface area (Å²) in [7, 11) is 0. The number of hydrogen-bond donors (Lipinski definition) is 3. The molecule has 0 fully saturated rings. The average molecular weight is 362 g/mol. The topological polar surface area (TPSA) is 107 Å². The molecule has 0 bridgehead atoms. The van der Waals surface area contributed by atoms with Crippen LogP contribution in [0, 0.1) is 5.41 Å². The number of aromatic nitrogens is 1. The number of nitrogens with one attached hydrogen (secondary N) is 1. The number of hydrogen-bond acceptors (Lipinski definition) is 5. The van der Waals surface area contributed by atoms with E-state index in [2.05, 4.69) is 4.98 Å². The number of pyridine rings is 1. The van der Waals surface area contributed by atoms with Crippen molar-refractivity contribution < 1.29 is 9.47 Å². The van der Waals surface area contributed by atoms with Gasteiger partial charge in [0.25, 0.3) is 0 Å². The fourth-order valence-electron chi connectivity index (χ4n) is 2.58. The second-order valence-corrected chi connectivity index (χ2v) is 5.99. The number of ether oxygens (including phenoxy) is 2. The summed E-state index contributed by atoms with van der Waals surface area (Å²) in [5.41, 5.74) is 14.5. The maximum atomic E-state index is 7.75. The van der Waals surface area contributed by atoms with Gasteiger partial charge in [0.1, 0.15) is 23.9 Å². The van der Waals surface area contributed by atoms with Crippen LogP contribution < -0.4 is 20.9 Å². The standard InChI is InChI=1S/C21H22N4O2/c22-20-18(21(23)24)12-17(27-14-15-6-2-1-3-7-15)13-19(20)26-11-9-16-8-4-5-10-25-16/h1-8,10,12-13H,9,11,14,22H2,(H3,23,24). The molecule has 6 heteroatoms. The third-order valence-corrected chi connectivity index (χ3v) is 4.00. The third-order valence-electron chi connectivity index (χ3n) is 4.00. The van der Waals surface area contributed by atoms with E-state index in [-0.39, 0.29) is 5.84 Å². The molecule has 0 atom stereocenters. The van der Waals surface area contributed by atoms with Crippen LogP contribution in [0.5, 0.6) is 11.5 Å². The second-order valence-electron chi connectivity index (χ2n) is 5.99. The van der Waals surface area contributed by atoms with E-state index in [0.717, 1.165) is 11.3 Å². The Kier molecular flexibility index (Phi) is 5.89. The summed E-state index contributed by atoms with van der Waals surface area (Å²) in [6.45, 7) is 0.802. The fourth-order valence-corrected chi connectivity index (χ4v) is 2.58. The molecule has 138 valence electrons. The van der Waals surface area contributed by atoms with Crippen molar-refractivity contribution >= 4 is 11.5 Å². The van der Waals surface area contributed by atoms with Crippen molar-refractivity contribution in [2.75, 3.05) is 12.3 Å². The molecule has 3 rings (SSSR count). The molecule has 0 radical (unpaired) electrons. The van der Waals surface area contributed by atoms with Crippen LogP contribution in [0.2, 0.25) is 0 Å². The molecule has 5 N–H and O–H groups in total. The van der Waals surface area contributed by atoms with Gasteiger partial charge in [-0.25, -0.2) is 0 Å². The fraction of sp³-hybridized carbons (Fsp3) is 0.143. The van der Waals surface area contributed by atoms with E-state index < -0.39 is 0 Å². The molecule has 0 saturated carbocycles. The van der Waals surface area contributed by atoms with Crippen molar-refractivity contribution in [3.63, 3.8) is 0 Å². The summed E-state index contributed by atoms with van der Waals surface area (Å²) in [6.07, 6.45) is 2.39. The number of nitrogens with zero attached hydrogens (tertiary/aromatic N) is 1. The number of nitrogens with two attached hydrogens (primary N) is 2. The number of rotatable bonds is 8. The Labute approximate surface area is 158 Å². The lowest BCUT2D eigenvalue weighted by Crippen LogP contribution is -2.15. The van der Waals surface area contributed by atoms with Gasteiger partial charge in [-0.1, -0.05) is 36.4 Å². The quantitative estimate of drug-likeness (QED) is 0.324. The molecule has 0 spiro atoms. The first-order chi connectivity index (χ1) is 13.1. The summed E-state index contributed by atoms with van der Waals surface area (Å²) >= 11 is 0. The average Bonchev–Trinajstić information content (AvgIpc) is 2.69. The minimum Gasteiger partial charge on any atom is -0.491 e. The lowest BCUT2D eigenvalue weighted by atomic mass is 10.1. The van der Waals surface area contributed by atoms with E-state index >= 15 is 0 Å². The Balaban J connectivity index is 1.73. The van der Waals surface area contributed by atoms with Gasteiger partial charge in [0.2, 0.25) is 0 Å². The van der Waals surface area contributed by atoms with Crippen molar-refractivity contribution in [3.05, 3.63) is 83.7 Å². The van der Waals surface area contributed by atoms with Crippen LogP contribution >= 0.6 is 0 Å². The first kappa shape index (κ1) is 18.3. The first-order valence-electron chi connectivity index (χ1n) is 8.61. The highest BCUT2D eigenvalue weighted by Gasteiger charge is 2.13. The van der Waals surface area contributed by atoms with Crippen molar-refractivity contribution in [1.29, 1.82) is 5.41 Å². The Morgan fingerprint density at radius 2 is 1.78 bits per heavy atom. The monoisotopic (exact) mass is 362 g/mol. The first-order valence-corrected chi connectivity index (χ1v) is 8.61. The largest absolute Gasteiger partial charge is 0.491 e. The Bertz CT molecular complexity index is 899. The highest BCUT2D eigenvalue weighted by Crippen LogP contribution is 2.31. The maximum Gasteiger partial charge on any atom is 0.146 e. The number of nitrogen functional groups attached to an aromatic ring is 2. The predicted molar refractivity (Wildman–Crippen MR) is 106 cm³/mol. The van der Waals surface area contributed by atoms with Gasteiger partial charge in [0.05, 0.1) is 12.3 Å². The van der Waals surface area contributed by atoms with Crippen molar-refractivity contribution in [2.45, 2.75) is 13.0 Å². The van der Waals surface area contributed by atoms with Gasteiger partial charge >= 0.3 is 0 Å². The van der Waals surface area contributed by atoms with Crippen LogP contribution in [0.4, 0.5) is 5.69 Å². The Morgan fingerprint density at radius 1 is 1.00 bits per heavy atom. The summed E-state index contributed by atoms with van der Waals surface area (Å²) in [4.78, 5) is 4.27. The highest BCUT2D eigenvalue weighted by molar-refractivity contribution is 6.01. The maximum absolute atomic E-state index is 7.75. The molecule has 3 aromatic rings. The van der Waals surface area contributed by atoms with Gasteiger partial charge in [-0.3, -0.25) is 10.4 Å². The minimum atomic E-state index is -0.132. The summed E-state index contributed by atoms with van der Waals surface area (Å²) in [6, 6.07) is 18.9. The molecule has 0 amide bonds. The van der Waals surface area contributed by atoms with E-state index in [9.17, 15) is 0 Å². The lowest BCUT2D eigenvalue weighted by Gasteiger charge is -2.15. The smallest absolute Gasteiger partial charge is 0.146 e. The van der Waals surface area contributed by atoms with Gasteiger partial charge in [-0.2, -0.15) is 0 Å². The summed E-state index contributed by atoms with van der Waals surface area (Å²) < 4.78 is 11.7. The molecule has 1 aromatic heterocycles. The number of benzene rings is 2. The zero-order valence-corrected chi connectivity index (χ0v) is 14.9. The molecule has 0 aliphatic rings. The van der Waals surface area contributed by atoms with E-state index in [1.807, 2.05) is 48.5 Å². The van der Waals surface area contributed by atoms with Crippen LogP contribution in [0.1, 0.15) is 16.8 Å². The predicted octanol–water partition coefficient (Wildman–Crippen LogP) is 3.15. The van der Waals surface area contributed by atoms with E-state index in [4.69, 9.17) is 26.4 Å². The Morgan fingerprint density at radius 3 is 2.48 bits per heavy atom. The molecule has 2 aromatic carbocycles. The number of anilines is 1. The minimum absolute atomic E-state index is 0.132. The molecule has 0 unspecified atom stereocenters. The molecule has 6 nitrogen and oxygen atoms in total. The normalized spacial score (nSPS) is 10.4. The van der Waals surface area contributed by atoms with Gasteiger partial charge < -0.3 is 20.9 Å². The molecular formula is C21H22N4O2. The van der Waals surface area contributed by atoms with Crippen molar-refractivity contribution in [3.8, 4) is 11.5 Å². The molecule has 0 saturated heterocycles.